The second kappa shape index (κ2) is 9.36. The van der Waals surface area contributed by atoms with Crippen LogP contribution >= 0.6 is 23.6 Å². The van der Waals surface area contributed by atoms with Gasteiger partial charge < -0.3 is 19.5 Å². The molecular formula is C25H21FN4O2S2. The van der Waals surface area contributed by atoms with Gasteiger partial charge in [-0.1, -0.05) is 41.6 Å². The maximum Gasteiger partial charge on any atom is 0.258 e. The Bertz CT molecular complexity index is 1350. The molecule has 0 spiro atoms. The largest absolute Gasteiger partial charge is 0.497 e. The van der Waals surface area contributed by atoms with Crippen LogP contribution in [-0.2, 0) is 6.54 Å². The van der Waals surface area contributed by atoms with Crippen LogP contribution in [0.1, 0.15) is 30.0 Å². The van der Waals surface area contributed by atoms with Crippen molar-refractivity contribution in [3.8, 4) is 16.5 Å². The Kier molecular flexibility index (Phi) is 6.12. The topological polar surface area (TPSA) is 63.4 Å². The van der Waals surface area contributed by atoms with Gasteiger partial charge in [0.05, 0.1) is 30.1 Å². The zero-order valence-corrected chi connectivity index (χ0v) is 20.1. The minimum atomic E-state index is -0.327. The van der Waals surface area contributed by atoms with Crippen LogP contribution in [0, 0.1) is 5.82 Å². The van der Waals surface area contributed by atoms with Gasteiger partial charge >= 0.3 is 0 Å². The molecule has 0 saturated heterocycles. The second-order valence-corrected chi connectivity index (χ2v) is 9.07. The zero-order chi connectivity index (χ0) is 23.7. The van der Waals surface area contributed by atoms with Gasteiger partial charge in [-0.2, -0.15) is 4.98 Å². The first-order valence-electron chi connectivity index (χ1n) is 10.6. The van der Waals surface area contributed by atoms with Gasteiger partial charge in [-0.3, -0.25) is 0 Å². The van der Waals surface area contributed by atoms with Crippen molar-refractivity contribution in [2.75, 3.05) is 7.11 Å². The van der Waals surface area contributed by atoms with Crippen LogP contribution in [0.3, 0.4) is 0 Å². The highest BCUT2D eigenvalue weighted by molar-refractivity contribution is 7.80. The summed E-state index contributed by atoms with van der Waals surface area (Å²) in [6.45, 7) is 2.21. The minimum absolute atomic E-state index is 0.273. The molecule has 4 aromatic rings. The lowest BCUT2D eigenvalue weighted by atomic mass is 9.94. The summed E-state index contributed by atoms with van der Waals surface area (Å²) < 4.78 is 25.5. The number of thiocarbonyl (C=S) groups is 1. The lowest BCUT2D eigenvalue weighted by molar-refractivity contribution is 0.395. The fourth-order valence-corrected chi connectivity index (χ4v) is 4.90. The van der Waals surface area contributed by atoms with Crippen molar-refractivity contribution in [1.29, 1.82) is 0 Å². The molecule has 6 nitrogen and oxygen atoms in total. The monoisotopic (exact) mass is 492 g/mol. The Morgan fingerprint density at radius 3 is 2.65 bits per heavy atom. The van der Waals surface area contributed by atoms with E-state index in [1.165, 1.54) is 17.4 Å². The molecule has 2 aromatic heterocycles. The number of methoxy groups -OCH3 is 1. The molecule has 1 atom stereocenters. The molecule has 9 heteroatoms. The lowest BCUT2D eigenvalue weighted by Gasteiger charge is -2.37. The van der Waals surface area contributed by atoms with Crippen molar-refractivity contribution in [3.05, 3.63) is 94.6 Å². The van der Waals surface area contributed by atoms with E-state index in [9.17, 15) is 4.39 Å². The Labute approximate surface area is 205 Å². The van der Waals surface area contributed by atoms with E-state index < -0.39 is 0 Å². The predicted molar refractivity (Wildman–Crippen MR) is 134 cm³/mol. The maximum atomic E-state index is 14.4. The van der Waals surface area contributed by atoms with E-state index in [4.69, 9.17) is 21.5 Å². The number of halogens is 1. The van der Waals surface area contributed by atoms with Gasteiger partial charge in [0.2, 0.25) is 5.82 Å². The van der Waals surface area contributed by atoms with E-state index in [2.05, 4.69) is 15.5 Å². The number of benzene rings is 2. The highest BCUT2D eigenvalue weighted by Crippen LogP contribution is 2.38. The van der Waals surface area contributed by atoms with Gasteiger partial charge in [0.25, 0.3) is 5.89 Å². The van der Waals surface area contributed by atoms with E-state index in [0.29, 0.717) is 22.4 Å². The van der Waals surface area contributed by atoms with Crippen molar-refractivity contribution in [2.45, 2.75) is 19.5 Å². The normalized spacial score (nSPS) is 16.0. The van der Waals surface area contributed by atoms with E-state index in [0.717, 1.165) is 27.5 Å². The summed E-state index contributed by atoms with van der Waals surface area (Å²) in [4.78, 5) is 7.46. The van der Waals surface area contributed by atoms with Gasteiger partial charge in [0.15, 0.2) is 5.11 Å². The van der Waals surface area contributed by atoms with Gasteiger partial charge in [0.1, 0.15) is 11.6 Å². The van der Waals surface area contributed by atoms with E-state index in [1.54, 1.807) is 19.2 Å². The molecule has 34 heavy (non-hydrogen) atoms. The van der Waals surface area contributed by atoms with Crippen molar-refractivity contribution in [1.82, 2.24) is 20.4 Å². The summed E-state index contributed by atoms with van der Waals surface area (Å²) in [5.74, 6) is 1.38. The summed E-state index contributed by atoms with van der Waals surface area (Å²) in [5, 5.41) is 10.0. The number of rotatable bonds is 6. The summed E-state index contributed by atoms with van der Waals surface area (Å²) in [6.07, 6.45) is 0. The van der Waals surface area contributed by atoms with Crippen LogP contribution in [0.25, 0.3) is 16.3 Å². The zero-order valence-electron chi connectivity index (χ0n) is 18.5. The molecule has 0 radical (unpaired) electrons. The highest BCUT2D eigenvalue weighted by Gasteiger charge is 2.34. The Hall–Kier alpha value is -3.56. The minimum Gasteiger partial charge on any atom is -0.497 e. The Morgan fingerprint density at radius 1 is 1.15 bits per heavy atom. The average molecular weight is 493 g/mol. The lowest BCUT2D eigenvalue weighted by Crippen LogP contribution is -2.45. The molecule has 0 amide bonds. The molecule has 172 valence electrons. The first-order chi connectivity index (χ1) is 16.5. The smallest absolute Gasteiger partial charge is 0.258 e. The van der Waals surface area contributed by atoms with Crippen molar-refractivity contribution in [2.24, 2.45) is 0 Å². The van der Waals surface area contributed by atoms with E-state index in [-0.39, 0.29) is 18.4 Å². The number of thiophene rings is 1. The fraction of sp³-hybridized carbons (Fsp3) is 0.160. The summed E-state index contributed by atoms with van der Waals surface area (Å²) in [5.41, 5.74) is 3.09. The van der Waals surface area contributed by atoms with Crippen LogP contribution in [0.5, 0.6) is 5.75 Å². The quantitative estimate of drug-likeness (QED) is 0.341. The van der Waals surface area contributed by atoms with Crippen LogP contribution < -0.4 is 10.1 Å². The fourth-order valence-electron chi connectivity index (χ4n) is 3.93. The third-order valence-corrected chi connectivity index (χ3v) is 6.93. The maximum absolute atomic E-state index is 14.4. The molecule has 0 fully saturated rings. The van der Waals surface area contributed by atoms with Crippen molar-refractivity contribution < 1.29 is 13.7 Å². The SMILES string of the molecule is COc1ccc(C2NC(=S)N(Cc3ccccc3F)C(C)=C2c2nc(-c3cccs3)no2)cc1. The first kappa shape index (κ1) is 22.2. The Balaban J connectivity index is 1.60. The number of hydrogen-bond acceptors (Lipinski definition) is 6. The number of nitrogens with zero attached hydrogens (tertiary/aromatic N) is 3. The van der Waals surface area contributed by atoms with Gasteiger partial charge in [0, 0.05) is 11.3 Å². The van der Waals surface area contributed by atoms with Crippen LogP contribution in [0.2, 0.25) is 0 Å². The molecule has 5 rings (SSSR count). The summed E-state index contributed by atoms with van der Waals surface area (Å²) in [6, 6.07) is 18.0. The highest BCUT2D eigenvalue weighted by atomic mass is 32.1. The molecule has 1 aliphatic rings. The van der Waals surface area contributed by atoms with Gasteiger partial charge in [-0.05, 0) is 54.4 Å². The third-order valence-electron chi connectivity index (χ3n) is 5.73. The van der Waals surface area contributed by atoms with E-state index in [1.807, 2.05) is 59.7 Å². The second-order valence-electron chi connectivity index (χ2n) is 7.73. The molecule has 2 aromatic carbocycles. The Morgan fingerprint density at radius 2 is 1.94 bits per heavy atom. The number of allylic oxidation sites excluding steroid dienone is 1. The standard InChI is InChI=1S/C25H21FN4O2S2/c1-15-21(24-28-23(29-32-24)20-8-5-13-34-20)22(16-9-11-18(31-2)12-10-16)27-25(33)30(15)14-17-6-3-4-7-19(17)26/h3-13,22H,14H2,1-2H3,(H,27,33). The van der Waals surface area contributed by atoms with Crippen molar-refractivity contribution >= 4 is 34.2 Å². The third kappa shape index (κ3) is 4.20. The molecule has 0 bridgehead atoms. The summed E-state index contributed by atoms with van der Waals surface area (Å²) in [7, 11) is 1.63. The molecule has 1 unspecified atom stereocenters. The molecular weight excluding hydrogens is 471 g/mol. The number of ether oxygens (including phenoxy) is 1. The van der Waals surface area contributed by atoms with E-state index >= 15 is 0 Å². The molecule has 0 saturated carbocycles. The molecule has 1 N–H and O–H groups in total. The van der Waals surface area contributed by atoms with Crippen molar-refractivity contribution in [3.63, 3.8) is 0 Å². The van der Waals surface area contributed by atoms with Gasteiger partial charge in [-0.15, -0.1) is 11.3 Å². The number of hydrogen-bond donors (Lipinski definition) is 1. The number of nitrogens with one attached hydrogen (secondary N) is 1. The predicted octanol–water partition coefficient (Wildman–Crippen LogP) is 5.81. The summed E-state index contributed by atoms with van der Waals surface area (Å²) >= 11 is 7.25. The first-order valence-corrected chi connectivity index (χ1v) is 11.9. The van der Waals surface area contributed by atoms with Crippen LogP contribution in [0.15, 0.2) is 76.3 Å². The molecule has 0 aliphatic carbocycles. The van der Waals surface area contributed by atoms with Crippen LogP contribution in [0.4, 0.5) is 4.39 Å². The van der Waals surface area contributed by atoms with Gasteiger partial charge in [-0.25, -0.2) is 4.39 Å². The molecule has 1 aliphatic heterocycles. The van der Waals surface area contributed by atoms with Crippen LogP contribution in [-0.4, -0.2) is 27.3 Å². The molecule has 3 heterocycles. The number of aromatic nitrogens is 2. The average Bonchev–Trinajstić information content (AvgIpc) is 3.55.